The van der Waals surface area contributed by atoms with E-state index in [2.05, 4.69) is 26.9 Å². The number of hydrogen-bond donors (Lipinski definition) is 0. The van der Waals surface area contributed by atoms with Crippen molar-refractivity contribution in [3.63, 3.8) is 0 Å². The molecule has 0 aliphatic heterocycles. The summed E-state index contributed by atoms with van der Waals surface area (Å²) in [5, 5.41) is 8.79. The van der Waals surface area contributed by atoms with Crippen molar-refractivity contribution in [3.05, 3.63) is 58.9 Å². The highest BCUT2D eigenvalue weighted by Gasteiger charge is 2.05. The fraction of sp³-hybridized carbons (Fsp3) is 0.176. The van der Waals surface area contributed by atoms with Gasteiger partial charge in [-0.05, 0) is 31.2 Å². The van der Waals surface area contributed by atoms with Gasteiger partial charge in [0.25, 0.3) is 0 Å². The van der Waals surface area contributed by atoms with Crippen LogP contribution in [0, 0.1) is 0 Å². The van der Waals surface area contributed by atoms with E-state index in [-0.39, 0.29) is 0 Å². The van der Waals surface area contributed by atoms with E-state index in [1.54, 1.807) is 18.4 Å². The Hall–Kier alpha value is -2.40. The summed E-state index contributed by atoms with van der Waals surface area (Å²) in [5.74, 6) is 0.805. The van der Waals surface area contributed by atoms with Crippen LogP contribution < -0.4 is 9.54 Å². The van der Waals surface area contributed by atoms with Crippen LogP contribution >= 0.6 is 11.3 Å². The van der Waals surface area contributed by atoms with E-state index >= 15 is 0 Å². The van der Waals surface area contributed by atoms with Gasteiger partial charge in [-0.3, -0.25) is 0 Å². The Kier molecular flexibility index (Phi) is 4.06. The summed E-state index contributed by atoms with van der Waals surface area (Å²) < 4.78 is 8.62. The van der Waals surface area contributed by atoms with E-state index in [9.17, 15) is 0 Å². The Bertz CT molecular complexity index is 905. The van der Waals surface area contributed by atoms with Crippen molar-refractivity contribution in [2.45, 2.75) is 6.92 Å². The number of rotatable bonds is 3. The highest BCUT2D eigenvalue weighted by Crippen LogP contribution is 2.18. The number of para-hydroxylation sites is 2. The summed E-state index contributed by atoms with van der Waals surface area (Å²) in [6.07, 6.45) is 0. The van der Waals surface area contributed by atoms with Crippen LogP contribution in [0.25, 0.3) is 10.2 Å². The van der Waals surface area contributed by atoms with Crippen LogP contribution in [0.1, 0.15) is 12.5 Å². The van der Waals surface area contributed by atoms with Gasteiger partial charge in [0.15, 0.2) is 0 Å². The van der Waals surface area contributed by atoms with Crippen molar-refractivity contribution in [2.75, 3.05) is 7.11 Å². The van der Waals surface area contributed by atoms with Crippen LogP contribution in [0.3, 0.4) is 0 Å². The molecule has 0 spiro atoms. The molecule has 22 heavy (non-hydrogen) atoms. The van der Waals surface area contributed by atoms with Crippen LogP contribution in [-0.2, 0) is 7.05 Å². The molecule has 0 bridgehead atoms. The fourth-order valence-corrected chi connectivity index (χ4v) is 3.26. The van der Waals surface area contributed by atoms with Gasteiger partial charge in [0.1, 0.15) is 5.75 Å². The number of nitrogens with zero attached hydrogens (tertiary/aromatic N) is 3. The van der Waals surface area contributed by atoms with E-state index < -0.39 is 0 Å². The molecule has 0 N–H and O–H groups in total. The van der Waals surface area contributed by atoms with Crippen LogP contribution in [0.2, 0.25) is 0 Å². The quantitative estimate of drug-likeness (QED) is 0.538. The molecular formula is C17H17N3OS. The molecular weight excluding hydrogens is 294 g/mol. The maximum atomic E-state index is 5.37. The SMILES string of the molecule is COc1ccccc1/C(C)=N\N=c1\sc2ccccc2n1C. The lowest BCUT2D eigenvalue weighted by atomic mass is 10.1. The smallest absolute Gasteiger partial charge is 0.211 e. The summed E-state index contributed by atoms with van der Waals surface area (Å²) in [5.41, 5.74) is 2.95. The van der Waals surface area contributed by atoms with Crippen LogP contribution in [-0.4, -0.2) is 17.4 Å². The summed E-state index contributed by atoms with van der Waals surface area (Å²) in [7, 11) is 3.67. The number of aryl methyl sites for hydroxylation is 1. The zero-order valence-corrected chi connectivity index (χ0v) is 13.6. The number of hydrogen-bond acceptors (Lipinski definition) is 4. The standard InChI is InChI=1S/C17H17N3OS/c1-12(13-8-4-6-10-15(13)21-3)18-19-17-20(2)14-9-5-7-11-16(14)22-17/h4-11H,1-3H3/b18-12-,19-17+. The monoisotopic (exact) mass is 311 g/mol. The highest BCUT2D eigenvalue weighted by molar-refractivity contribution is 7.16. The zero-order valence-electron chi connectivity index (χ0n) is 12.8. The second-order valence-corrected chi connectivity index (χ2v) is 5.91. The molecule has 5 heteroatoms. The number of thiazole rings is 1. The average molecular weight is 311 g/mol. The lowest BCUT2D eigenvalue weighted by molar-refractivity contribution is 0.414. The van der Waals surface area contributed by atoms with E-state index in [4.69, 9.17) is 4.74 Å². The maximum Gasteiger partial charge on any atom is 0.211 e. The van der Waals surface area contributed by atoms with E-state index in [0.29, 0.717) is 0 Å². The minimum absolute atomic E-state index is 0.805. The molecule has 0 saturated heterocycles. The molecule has 1 heterocycles. The minimum Gasteiger partial charge on any atom is -0.496 e. The molecule has 112 valence electrons. The molecule has 0 aliphatic carbocycles. The van der Waals surface area contributed by atoms with Gasteiger partial charge in [-0.2, -0.15) is 5.10 Å². The van der Waals surface area contributed by atoms with Crippen molar-refractivity contribution < 1.29 is 4.74 Å². The molecule has 3 aromatic rings. The minimum atomic E-state index is 0.805. The second-order valence-electron chi connectivity index (χ2n) is 4.90. The lowest BCUT2D eigenvalue weighted by Crippen LogP contribution is -2.09. The Labute approximate surface area is 133 Å². The molecule has 0 radical (unpaired) electrons. The summed E-state index contributed by atoms with van der Waals surface area (Å²) in [6, 6.07) is 16.1. The van der Waals surface area contributed by atoms with Crippen molar-refractivity contribution in [3.8, 4) is 5.75 Å². The third-order valence-electron chi connectivity index (χ3n) is 3.50. The molecule has 3 rings (SSSR count). The van der Waals surface area contributed by atoms with Gasteiger partial charge < -0.3 is 9.30 Å². The number of fused-ring (bicyclic) bond motifs is 1. The van der Waals surface area contributed by atoms with Crippen molar-refractivity contribution >= 4 is 27.3 Å². The van der Waals surface area contributed by atoms with Crippen LogP contribution in [0.4, 0.5) is 0 Å². The van der Waals surface area contributed by atoms with Gasteiger partial charge in [0, 0.05) is 12.6 Å². The highest BCUT2D eigenvalue weighted by atomic mass is 32.1. The van der Waals surface area contributed by atoms with Crippen molar-refractivity contribution in [2.24, 2.45) is 17.3 Å². The van der Waals surface area contributed by atoms with Gasteiger partial charge in [-0.15, -0.1) is 5.10 Å². The molecule has 0 aliphatic rings. The average Bonchev–Trinajstić information content (AvgIpc) is 2.89. The zero-order chi connectivity index (χ0) is 15.5. The first kappa shape index (κ1) is 14.5. The van der Waals surface area contributed by atoms with Gasteiger partial charge in [0.2, 0.25) is 4.80 Å². The molecule has 4 nitrogen and oxygen atoms in total. The molecule has 0 atom stereocenters. The summed E-state index contributed by atoms with van der Waals surface area (Å²) in [6.45, 7) is 1.94. The first-order valence-electron chi connectivity index (χ1n) is 6.97. The molecule has 1 aromatic heterocycles. The first-order valence-corrected chi connectivity index (χ1v) is 7.78. The Morgan fingerprint density at radius 2 is 1.82 bits per heavy atom. The van der Waals surface area contributed by atoms with E-state index in [1.807, 2.05) is 50.4 Å². The first-order chi connectivity index (χ1) is 10.7. The van der Waals surface area contributed by atoms with E-state index in [0.717, 1.165) is 27.3 Å². The Morgan fingerprint density at radius 3 is 2.59 bits per heavy atom. The predicted molar refractivity (Wildman–Crippen MR) is 91.6 cm³/mol. The molecule has 0 amide bonds. The Morgan fingerprint density at radius 1 is 1.09 bits per heavy atom. The van der Waals surface area contributed by atoms with Crippen molar-refractivity contribution in [1.82, 2.24) is 4.57 Å². The summed E-state index contributed by atoms with van der Waals surface area (Å²) >= 11 is 1.63. The van der Waals surface area contributed by atoms with Crippen LogP contribution in [0.15, 0.2) is 58.7 Å². The van der Waals surface area contributed by atoms with Crippen LogP contribution in [0.5, 0.6) is 5.75 Å². The van der Waals surface area contributed by atoms with Gasteiger partial charge in [-0.1, -0.05) is 35.6 Å². The normalized spacial score (nSPS) is 12.9. The Balaban J connectivity index is 2.05. The second kappa shape index (κ2) is 6.15. The molecule has 0 saturated carbocycles. The maximum absolute atomic E-state index is 5.37. The fourth-order valence-electron chi connectivity index (χ4n) is 2.29. The third-order valence-corrected chi connectivity index (χ3v) is 4.60. The molecule has 0 fully saturated rings. The lowest BCUT2D eigenvalue weighted by Gasteiger charge is -2.05. The largest absolute Gasteiger partial charge is 0.496 e. The van der Waals surface area contributed by atoms with Gasteiger partial charge in [0.05, 0.1) is 23.0 Å². The van der Waals surface area contributed by atoms with E-state index in [1.165, 1.54) is 4.70 Å². The van der Waals surface area contributed by atoms with Gasteiger partial charge in [-0.25, -0.2) is 0 Å². The predicted octanol–water partition coefficient (Wildman–Crippen LogP) is 3.57. The van der Waals surface area contributed by atoms with Gasteiger partial charge >= 0.3 is 0 Å². The summed E-state index contributed by atoms with van der Waals surface area (Å²) in [4.78, 5) is 0.871. The molecule has 0 unspecified atom stereocenters. The topological polar surface area (TPSA) is 38.9 Å². The molecule has 2 aromatic carbocycles. The number of methoxy groups -OCH3 is 1. The van der Waals surface area contributed by atoms with Crippen molar-refractivity contribution in [1.29, 1.82) is 0 Å². The number of benzene rings is 2. The third kappa shape index (κ3) is 2.67. The number of ether oxygens (including phenoxy) is 1. The number of aromatic nitrogens is 1.